The smallest absolute Gasteiger partial charge is 0.347 e. The number of nitro groups is 1. The molecule has 1 rings (SSSR count). The monoisotopic (exact) mass is 281 g/mol. The first-order valence-electron chi connectivity index (χ1n) is 5.68. The van der Waals surface area contributed by atoms with E-state index in [1.54, 1.807) is 6.07 Å². The van der Waals surface area contributed by atoms with Crippen molar-refractivity contribution in [3.63, 3.8) is 0 Å². The molecule has 0 bridgehead atoms. The van der Waals surface area contributed by atoms with Gasteiger partial charge in [0, 0.05) is 12.1 Å². The van der Waals surface area contributed by atoms with Gasteiger partial charge in [-0.05, 0) is 31.5 Å². The van der Waals surface area contributed by atoms with Crippen molar-refractivity contribution in [2.24, 2.45) is 0 Å². The highest BCUT2D eigenvalue weighted by molar-refractivity contribution is 5.76. The molecule has 7 nitrogen and oxygen atoms in total. The maximum absolute atomic E-state index is 11.0. The predicted molar refractivity (Wildman–Crippen MR) is 71.4 cm³/mol. The van der Waals surface area contributed by atoms with Crippen LogP contribution in [-0.2, 0) is 4.79 Å². The Bertz CT molecular complexity index is 550. The Labute approximate surface area is 115 Å². The molecule has 0 radical (unpaired) electrons. The van der Waals surface area contributed by atoms with Crippen LogP contribution >= 0.6 is 0 Å². The molecule has 1 N–H and O–H groups in total. The minimum atomic E-state index is -1.42. The van der Waals surface area contributed by atoms with E-state index < -0.39 is 16.5 Å². The number of benzene rings is 1. The third-order valence-electron chi connectivity index (χ3n) is 2.41. The van der Waals surface area contributed by atoms with Crippen molar-refractivity contribution in [1.82, 2.24) is 0 Å². The molecule has 0 aromatic heterocycles. The third kappa shape index (κ3) is 4.27. The zero-order valence-corrected chi connectivity index (χ0v) is 11.3. The Morgan fingerprint density at radius 2 is 1.95 bits per heavy atom. The number of hydrogen-bond donors (Lipinski definition) is 1. The summed E-state index contributed by atoms with van der Waals surface area (Å²) in [5.41, 5.74) is -0.951. The van der Waals surface area contributed by atoms with E-state index in [1.807, 2.05) is 0 Å². The number of nitrogens with zero attached hydrogens (tertiary/aromatic N) is 1. The van der Waals surface area contributed by atoms with Gasteiger partial charge in [0.2, 0.25) is 6.20 Å². The van der Waals surface area contributed by atoms with Gasteiger partial charge in [-0.25, -0.2) is 4.79 Å². The van der Waals surface area contributed by atoms with Crippen molar-refractivity contribution in [3.8, 4) is 11.5 Å². The third-order valence-corrected chi connectivity index (χ3v) is 2.41. The molecule has 0 saturated carbocycles. The van der Waals surface area contributed by atoms with Crippen molar-refractivity contribution in [3.05, 3.63) is 40.1 Å². The molecular weight excluding hydrogens is 266 g/mol. The summed E-state index contributed by atoms with van der Waals surface area (Å²) in [6.45, 7) is 2.81. The maximum Gasteiger partial charge on any atom is 0.347 e. The highest BCUT2D eigenvalue weighted by Crippen LogP contribution is 2.26. The first kappa shape index (κ1) is 15.5. The molecule has 0 aliphatic carbocycles. The zero-order chi connectivity index (χ0) is 15.3. The summed E-state index contributed by atoms with van der Waals surface area (Å²) in [6, 6.07) is 4.57. The Balaban J connectivity index is 3.11. The van der Waals surface area contributed by atoms with Crippen LogP contribution in [0.2, 0.25) is 0 Å². The first-order valence-corrected chi connectivity index (χ1v) is 5.68. The van der Waals surface area contributed by atoms with Crippen LogP contribution in [0.1, 0.15) is 19.4 Å². The van der Waals surface area contributed by atoms with E-state index in [1.165, 1.54) is 39.2 Å². The summed E-state index contributed by atoms with van der Waals surface area (Å²) < 4.78 is 10.4. The minimum absolute atomic E-state index is 0.250. The molecule has 0 unspecified atom stereocenters. The SMILES string of the molecule is COc1cc(/C=C/[N+](=O)[O-])cc(OC(C)(C)C(=O)O)c1. The number of hydrogen-bond acceptors (Lipinski definition) is 5. The number of carboxylic acid groups (broad SMARTS) is 1. The van der Waals surface area contributed by atoms with Gasteiger partial charge in [-0.3, -0.25) is 10.1 Å². The average molecular weight is 281 g/mol. The van der Waals surface area contributed by atoms with E-state index >= 15 is 0 Å². The van der Waals surface area contributed by atoms with Crippen LogP contribution in [0.4, 0.5) is 0 Å². The van der Waals surface area contributed by atoms with Gasteiger partial charge in [-0.2, -0.15) is 0 Å². The van der Waals surface area contributed by atoms with Gasteiger partial charge in [0.05, 0.1) is 12.0 Å². The fourth-order valence-corrected chi connectivity index (χ4v) is 1.35. The van der Waals surface area contributed by atoms with Crippen LogP contribution in [0.3, 0.4) is 0 Å². The van der Waals surface area contributed by atoms with Gasteiger partial charge in [0.25, 0.3) is 0 Å². The second-order valence-electron chi connectivity index (χ2n) is 4.46. The van der Waals surface area contributed by atoms with E-state index in [4.69, 9.17) is 14.6 Å². The van der Waals surface area contributed by atoms with Crippen LogP contribution in [-0.4, -0.2) is 28.7 Å². The van der Waals surface area contributed by atoms with Crippen LogP contribution in [0.15, 0.2) is 24.4 Å². The summed E-state index contributed by atoms with van der Waals surface area (Å²) in [5.74, 6) is -0.464. The van der Waals surface area contributed by atoms with Gasteiger partial charge < -0.3 is 14.6 Å². The van der Waals surface area contributed by atoms with Gasteiger partial charge in [-0.1, -0.05) is 0 Å². The topological polar surface area (TPSA) is 98.9 Å². The van der Waals surface area contributed by atoms with Crippen LogP contribution in [0, 0.1) is 10.1 Å². The number of methoxy groups -OCH3 is 1. The van der Waals surface area contributed by atoms with Crippen molar-refractivity contribution in [1.29, 1.82) is 0 Å². The summed E-state index contributed by atoms with van der Waals surface area (Å²) in [5, 5.41) is 19.3. The van der Waals surface area contributed by atoms with Crippen molar-refractivity contribution < 1.29 is 24.3 Å². The number of aliphatic carboxylic acids is 1. The summed E-state index contributed by atoms with van der Waals surface area (Å²) in [7, 11) is 1.43. The van der Waals surface area contributed by atoms with Crippen LogP contribution < -0.4 is 9.47 Å². The molecule has 0 aliphatic rings. The van der Waals surface area contributed by atoms with Gasteiger partial charge >= 0.3 is 5.97 Å². The molecule has 1 aromatic rings. The van der Waals surface area contributed by atoms with Crippen LogP contribution in [0.5, 0.6) is 11.5 Å². The Hall–Kier alpha value is -2.57. The van der Waals surface area contributed by atoms with Gasteiger partial charge in [0.1, 0.15) is 11.5 Å². The van der Waals surface area contributed by atoms with Gasteiger partial charge in [-0.15, -0.1) is 0 Å². The van der Waals surface area contributed by atoms with E-state index in [9.17, 15) is 14.9 Å². The van der Waals surface area contributed by atoms with Crippen molar-refractivity contribution >= 4 is 12.0 Å². The highest BCUT2D eigenvalue weighted by atomic mass is 16.6. The summed E-state index contributed by atoms with van der Waals surface area (Å²) in [6.07, 6.45) is 2.05. The van der Waals surface area contributed by atoms with Crippen molar-refractivity contribution in [2.45, 2.75) is 19.4 Å². The molecule has 7 heteroatoms. The molecule has 0 amide bonds. The molecule has 0 aliphatic heterocycles. The standard InChI is InChI=1S/C13H15NO6/c1-13(2,12(15)16)20-11-7-9(4-5-14(17)18)6-10(8-11)19-3/h4-8H,1-3H3,(H,15,16)/b5-4+. The number of carbonyl (C=O) groups is 1. The second kappa shape index (κ2) is 6.05. The molecule has 0 fully saturated rings. The predicted octanol–water partition coefficient (Wildman–Crippen LogP) is 2.18. The molecule has 0 atom stereocenters. The van der Waals surface area contributed by atoms with Crippen molar-refractivity contribution in [2.75, 3.05) is 7.11 Å². The molecule has 1 aromatic carbocycles. The normalized spacial score (nSPS) is 11.3. The number of ether oxygens (including phenoxy) is 2. The lowest BCUT2D eigenvalue weighted by molar-refractivity contribution is -0.400. The minimum Gasteiger partial charge on any atom is -0.497 e. The molecule has 20 heavy (non-hydrogen) atoms. The Morgan fingerprint density at radius 3 is 2.45 bits per heavy atom. The molecule has 0 heterocycles. The fraction of sp³-hybridized carbons (Fsp3) is 0.308. The lowest BCUT2D eigenvalue weighted by atomic mass is 10.1. The number of carboxylic acids is 1. The second-order valence-corrected chi connectivity index (χ2v) is 4.46. The van der Waals surface area contributed by atoms with Gasteiger partial charge in [0.15, 0.2) is 5.60 Å². The Kier molecular flexibility index (Phi) is 4.68. The van der Waals surface area contributed by atoms with E-state index in [0.717, 1.165) is 6.20 Å². The van der Waals surface area contributed by atoms with E-state index in [2.05, 4.69) is 0 Å². The largest absolute Gasteiger partial charge is 0.497 e. The van der Waals surface area contributed by atoms with E-state index in [-0.39, 0.29) is 5.75 Å². The van der Waals surface area contributed by atoms with Crippen LogP contribution in [0.25, 0.3) is 6.08 Å². The summed E-state index contributed by atoms with van der Waals surface area (Å²) >= 11 is 0. The lowest BCUT2D eigenvalue weighted by Gasteiger charge is -2.22. The molecule has 108 valence electrons. The first-order chi connectivity index (χ1) is 9.24. The number of rotatable bonds is 6. The maximum atomic E-state index is 11.0. The molecule has 0 saturated heterocycles. The molecular formula is C13H15NO6. The molecule has 0 spiro atoms. The average Bonchev–Trinajstić information content (AvgIpc) is 2.35. The summed E-state index contributed by atoms with van der Waals surface area (Å²) in [4.78, 5) is 20.7. The Morgan fingerprint density at radius 1 is 1.35 bits per heavy atom. The fourth-order valence-electron chi connectivity index (χ4n) is 1.35. The lowest BCUT2D eigenvalue weighted by Crippen LogP contribution is -2.37. The highest BCUT2D eigenvalue weighted by Gasteiger charge is 2.29. The zero-order valence-electron chi connectivity index (χ0n) is 11.3. The quantitative estimate of drug-likeness (QED) is 0.633. The van der Waals surface area contributed by atoms with E-state index in [0.29, 0.717) is 11.3 Å².